The lowest BCUT2D eigenvalue weighted by Crippen LogP contribution is -2.36. The van der Waals surface area contributed by atoms with Crippen molar-refractivity contribution >= 4 is 0 Å². The predicted octanol–water partition coefficient (Wildman–Crippen LogP) is 2.73. The molecule has 0 rings (SSSR count). The minimum atomic E-state index is 0.215. The number of hydrogen-bond donors (Lipinski definition) is 1. The molecule has 0 radical (unpaired) electrons. The van der Waals surface area contributed by atoms with Crippen molar-refractivity contribution in [2.24, 2.45) is 0 Å². The molecule has 0 aliphatic heterocycles. The summed E-state index contributed by atoms with van der Waals surface area (Å²) in [4.78, 5) is 0. The van der Waals surface area contributed by atoms with E-state index in [0.717, 1.165) is 12.8 Å². The summed E-state index contributed by atoms with van der Waals surface area (Å²) in [5.41, 5.74) is 1.57. The van der Waals surface area contributed by atoms with Gasteiger partial charge in [-0.05, 0) is 33.7 Å². The van der Waals surface area contributed by atoms with Crippen LogP contribution in [-0.2, 0) is 0 Å². The summed E-state index contributed by atoms with van der Waals surface area (Å²) < 4.78 is 0. The highest BCUT2D eigenvalue weighted by Crippen LogP contribution is 2.17. The summed E-state index contributed by atoms with van der Waals surface area (Å²) in [6.07, 6.45) is 3.45. The summed E-state index contributed by atoms with van der Waals surface area (Å²) in [7, 11) is 2.00. The Balaban J connectivity index is 3.74. The van der Waals surface area contributed by atoms with E-state index in [1.165, 1.54) is 12.0 Å². The van der Waals surface area contributed by atoms with E-state index in [-0.39, 0.29) is 5.54 Å². The molecule has 0 aromatic rings. The molecule has 11 heavy (non-hydrogen) atoms. The first-order valence-electron chi connectivity index (χ1n) is 4.37. The van der Waals surface area contributed by atoms with Crippen LogP contribution in [0.25, 0.3) is 0 Å². The maximum atomic E-state index is 4.04. The molecule has 0 heterocycles. The summed E-state index contributed by atoms with van der Waals surface area (Å²) in [5, 5.41) is 3.27. The van der Waals surface area contributed by atoms with E-state index < -0.39 is 0 Å². The topological polar surface area (TPSA) is 12.0 Å². The molecule has 0 aromatic carbocycles. The Labute approximate surface area is 70.9 Å². The Morgan fingerprint density at radius 1 is 1.45 bits per heavy atom. The Kier molecular flexibility index (Phi) is 4.43. The Morgan fingerprint density at radius 2 is 2.00 bits per heavy atom. The van der Waals surface area contributed by atoms with Gasteiger partial charge in [0, 0.05) is 5.54 Å². The second-order valence-corrected chi connectivity index (χ2v) is 3.81. The lowest BCUT2D eigenvalue weighted by molar-refractivity contribution is 0.416. The monoisotopic (exact) mass is 155 g/mol. The predicted molar refractivity (Wildman–Crippen MR) is 51.8 cm³/mol. The van der Waals surface area contributed by atoms with Gasteiger partial charge in [-0.1, -0.05) is 25.5 Å². The van der Waals surface area contributed by atoms with Crippen LogP contribution in [0.15, 0.2) is 12.2 Å². The van der Waals surface area contributed by atoms with Crippen LogP contribution in [0.5, 0.6) is 0 Å². The molecule has 0 aliphatic carbocycles. The summed E-state index contributed by atoms with van der Waals surface area (Å²) in [5.74, 6) is 0. The van der Waals surface area contributed by atoms with E-state index in [0.29, 0.717) is 0 Å². The maximum Gasteiger partial charge on any atom is 0.0159 e. The van der Waals surface area contributed by atoms with Gasteiger partial charge < -0.3 is 5.32 Å². The second kappa shape index (κ2) is 4.55. The molecule has 0 aromatic heterocycles. The fourth-order valence-corrected chi connectivity index (χ4v) is 1.16. The number of hydrogen-bond acceptors (Lipinski definition) is 1. The molecule has 0 unspecified atom stereocenters. The van der Waals surface area contributed by atoms with Gasteiger partial charge in [-0.25, -0.2) is 0 Å². The van der Waals surface area contributed by atoms with Crippen LogP contribution in [0.2, 0.25) is 0 Å². The third kappa shape index (κ3) is 5.02. The van der Waals surface area contributed by atoms with Crippen LogP contribution in [0.1, 0.15) is 40.0 Å². The van der Waals surface area contributed by atoms with Crippen LogP contribution in [0.3, 0.4) is 0 Å². The van der Waals surface area contributed by atoms with Gasteiger partial charge in [0.05, 0.1) is 0 Å². The van der Waals surface area contributed by atoms with Gasteiger partial charge in [-0.15, -0.1) is 0 Å². The van der Waals surface area contributed by atoms with Crippen molar-refractivity contribution in [3.8, 4) is 0 Å². The molecule has 1 nitrogen and oxygen atoms in total. The fourth-order valence-electron chi connectivity index (χ4n) is 1.16. The molecule has 0 amide bonds. The van der Waals surface area contributed by atoms with E-state index in [4.69, 9.17) is 0 Å². The molecular weight excluding hydrogens is 134 g/mol. The molecular formula is C10H21N. The highest BCUT2D eigenvalue weighted by atomic mass is 14.9. The van der Waals surface area contributed by atoms with Crippen molar-refractivity contribution < 1.29 is 0 Å². The lowest BCUT2D eigenvalue weighted by Gasteiger charge is -2.24. The molecule has 66 valence electrons. The Bertz CT molecular complexity index is 125. The summed E-state index contributed by atoms with van der Waals surface area (Å²) in [6, 6.07) is 0. The zero-order valence-electron chi connectivity index (χ0n) is 8.33. The van der Waals surface area contributed by atoms with E-state index >= 15 is 0 Å². The van der Waals surface area contributed by atoms with Gasteiger partial charge in [0.25, 0.3) is 0 Å². The van der Waals surface area contributed by atoms with E-state index in [1.54, 1.807) is 0 Å². The number of nitrogens with one attached hydrogen (secondary N) is 1. The zero-order chi connectivity index (χ0) is 8.91. The van der Waals surface area contributed by atoms with Gasteiger partial charge in [-0.2, -0.15) is 0 Å². The van der Waals surface area contributed by atoms with Crippen LogP contribution < -0.4 is 5.32 Å². The third-order valence-electron chi connectivity index (χ3n) is 1.97. The van der Waals surface area contributed by atoms with Crippen molar-refractivity contribution in [3.63, 3.8) is 0 Å². The SMILES string of the molecule is C=C(CCC)CC(C)(C)NC. The van der Waals surface area contributed by atoms with Crippen LogP contribution in [-0.4, -0.2) is 12.6 Å². The van der Waals surface area contributed by atoms with Crippen LogP contribution in [0.4, 0.5) is 0 Å². The smallest absolute Gasteiger partial charge is 0.0159 e. The first kappa shape index (κ1) is 10.7. The van der Waals surface area contributed by atoms with Crippen LogP contribution in [0, 0.1) is 0 Å². The first-order valence-corrected chi connectivity index (χ1v) is 4.37. The molecule has 1 heteroatoms. The minimum absolute atomic E-state index is 0.215. The quantitative estimate of drug-likeness (QED) is 0.602. The molecule has 0 saturated heterocycles. The largest absolute Gasteiger partial charge is 0.314 e. The molecule has 0 bridgehead atoms. The average molecular weight is 155 g/mol. The molecule has 0 fully saturated rings. The van der Waals surface area contributed by atoms with Crippen molar-refractivity contribution in [1.29, 1.82) is 0 Å². The molecule has 0 atom stereocenters. The third-order valence-corrected chi connectivity index (χ3v) is 1.97. The molecule has 0 aliphatic rings. The normalized spacial score (nSPS) is 11.6. The van der Waals surface area contributed by atoms with E-state index in [1.807, 2.05) is 7.05 Å². The lowest BCUT2D eigenvalue weighted by atomic mass is 9.94. The fraction of sp³-hybridized carbons (Fsp3) is 0.800. The molecule has 0 spiro atoms. The van der Waals surface area contributed by atoms with Gasteiger partial charge in [-0.3, -0.25) is 0 Å². The van der Waals surface area contributed by atoms with Gasteiger partial charge in [0.2, 0.25) is 0 Å². The minimum Gasteiger partial charge on any atom is -0.314 e. The van der Waals surface area contributed by atoms with Gasteiger partial charge in [0.15, 0.2) is 0 Å². The molecule has 1 N–H and O–H groups in total. The standard InChI is InChI=1S/C10H21N/c1-6-7-9(2)8-10(3,4)11-5/h11H,2,6-8H2,1,3-5H3. The highest BCUT2D eigenvalue weighted by molar-refractivity contribution is 5.00. The maximum absolute atomic E-state index is 4.04. The highest BCUT2D eigenvalue weighted by Gasteiger charge is 2.14. The zero-order valence-corrected chi connectivity index (χ0v) is 8.33. The van der Waals surface area contributed by atoms with Crippen molar-refractivity contribution in [2.75, 3.05) is 7.05 Å². The van der Waals surface area contributed by atoms with E-state index in [9.17, 15) is 0 Å². The second-order valence-electron chi connectivity index (χ2n) is 3.81. The van der Waals surface area contributed by atoms with Crippen molar-refractivity contribution in [3.05, 3.63) is 12.2 Å². The summed E-state index contributed by atoms with van der Waals surface area (Å²) >= 11 is 0. The number of rotatable bonds is 5. The van der Waals surface area contributed by atoms with Crippen molar-refractivity contribution in [2.45, 2.75) is 45.6 Å². The Morgan fingerprint density at radius 3 is 2.36 bits per heavy atom. The van der Waals surface area contributed by atoms with Crippen LogP contribution >= 0.6 is 0 Å². The molecule has 0 saturated carbocycles. The average Bonchev–Trinajstić information content (AvgIpc) is 1.87. The van der Waals surface area contributed by atoms with Gasteiger partial charge in [0.1, 0.15) is 0 Å². The van der Waals surface area contributed by atoms with E-state index in [2.05, 4.69) is 32.7 Å². The summed E-state index contributed by atoms with van der Waals surface area (Å²) in [6.45, 7) is 10.6. The van der Waals surface area contributed by atoms with Gasteiger partial charge >= 0.3 is 0 Å². The first-order chi connectivity index (χ1) is 5.02. The van der Waals surface area contributed by atoms with Crippen molar-refractivity contribution in [1.82, 2.24) is 5.32 Å². The Hall–Kier alpha value is -0.300.